The van der Waals surface area contributed by atoms with Crippen molar-refractivity contribution in [2.45, 2.75) is 38.0 Å². The molecule has 1 aliphatic rings. The number of carbonyl (C=O) groups excluding carboxylic acids is 1. The molecule has 32 heavy (non-hydrogen) atoms. The van der Waals surface area contributed by atoms with Crippen molar-refractivity contribution in [3.05, 3.63) is 83.0 Å². The quantitative estimate of drug-likeness (QED) is 0.633. The summed E-state index contributed by atoms with van der Waals surface area (Å²) >= 11 is 0. The summed E-state index contributed by atoms with van der Waals surface area (Å²) in [5.41, 5.74) is 1.56. The first-order valence-corrected chi connectivity index (χ1v) is 10.4. The van der Waals surface area contributed by atoms with E-state index in [-0.39, 0.29) is 23.8 Å². The van der Waals surface area contributed by atoms with E-state index >= 15 is 0 Å². The van der Waals surface area contributed by atoms with Gasteiger partial charge in [-0.2, -0.15) is 13.2 Å². The summed E-state index contributed by atoms with van der Waals surface area (Å²) in [6.45, 7) is 2.85. The number of amides is 1. The van der Waals surface area contributed by atoms with Crippen LogP contribution in [-0.4, -0.2) is 40.1 Å². The first-order chi connectivity index (χ1) is 15.3. The van der Waals surface area contributed by atoms with E-state index < -0.39 is 11.7 Å². The van der Waals surface area contributed by atoms with Gasteiger partial charge >= 0.3 is 6.18 Å². The van der Waals surface area contributed by atoms with Crippen LogP contribution in [0.25, 0.3) is 0 Å². The first-order valence-electron chi connectivity index (χ1n) is 10.4. The number of alkyl halides is 3. The Hall–Kier alpha value is -3.20. The number of nitrogens with one attached hydrogen (secondary N) is 1. The molecule has 1 fully saturated rings. The molecule has 1 atom stereocenters. The van der Waals surface area contributed by atoms with E-state index in [1.54, 1.807) is 36.4 Å². The number of carbonyl (C=O) groups is 1. The van der Waals surface area contributed by atoms with Crippen LogP contribution in [0, 0.1) is 6.92 Å². The molecule has 1 N–H and O–H groups in total. The molecule has 1 amide bonds. The summed E-state index contributed by atoms with van der Waals surface area (Å²) in [6.07, 6.45) is 0.395. The van der Waals surface area contributed by atoms with E-state index in [1.165, 1.54) is 12.1 Å². The van der Waals surface area contributed by atoms with Gasteiger partial charge in [0.05, 0.1) is 17.3 Å². The lowest BCUT2D eigenvalue weighted by atomic mass is 9.95. The molecule has 1 saturated heterocycles. The average molecular weight is 444 g/mol. The number of likely N-dealkylation sites (tertiary alicyclic amines) is 1. The fourth-order valence-electron chi connectivity index (χ4n) is 3.90. The predicted octanol–water partition coefficient (Wildman–Crippen LogP) is 4.38. The highest BCUT2D eigenvalue weighted by Gasteiger charge is 2.31. The number of hydrogen-bond donors (Lipinski definition) is 1. The zero-order valence-electron chi connectivity index (χ0n) is 17.5. The number of pyridine rings is 1. The zero-order valence-corrected chi connectivity index (χ0v) is 17.5. The summed E-state index contributed by atoms with van der Waals surface area (Å²) in [4.78, 5) is 18.5. The normalized spacial score (nSPS) is 16.2. The number of nitrogens with zero attached hydrogens (tertiary/aromatic N) is 3. The SMILES string of the molecule is Cc1cc(C(=O)N2CCC(NC(c3ccc(C(F)(F)F)cc3)c3cccnc3)CC2)on1. The summed E-state index contributed by atoms with van der Waals surface area (Å²) < 4.78 is 44.0. The van der Waals surface area contributed by atoms with Crippen molar-refractivity contribution >= 4 is 5.91 Å². The van der Waals surface area contributed by atoms with Crippen molar-refractivity contribution in [1.82, 2.24) is 20.4 Å². The Morgan fingerprint density at radius 3 is 2.44 bits per heavy atom. The standard InChI is InChI=1S/C23H23F3N4O2/c1-15-13-20(32-29-15)22(31)30-11-8-19(9-12-30)28-21(17-3-2-10-27-14-17)16-4-6-18(7-5-16)23(24,25)26/h2-7,10,13-14,19,21,28H,8-9,11-12H2,1H3. The topological polar surface area (TPSA) is 71.3 Å². The minimum atomic E-state index is -4.38. The van der Waals surface area contributed by atoms with Crippen molar-refractivity contribution in [3.63, 3.8) is 0 Å². The van der Waals surface area contributed by atoms with Crippen LogP contribution in [0.5, 0.6) is 0 Å². The fraction of sp³-hybridized carbons (Fsp3) is 0.348. The molecule has 9 heteroatoms. The van der Waals surface area contributed by atoms with Crippen LogP contribution in [0.15, 0.2) is 59.4 Å². The van der Waals surface area contributed by atoms with Gasteiger partial charge in [0.15, 0.2) is 0 Å². The molecule has 0 bridgehead atoms. The summed E-state index contributed by atoms with van der Waals surface area (Å²) in [5, 5.41) is 7.32. The maximum absolute atomic E-state index is 13.0. The lowest BCUT2D eigenvalue weighted by molar-refractivity contribution is -0.137. The first kappa shape index (κ1) is 22.0. The second-order valence-corrected chi connectivity index (χ2v) is 7.90. The molecule has 0 spiro atoms. The number of benzene rings is 1. The second kappa shape index (κ2) is 9.12. The van der Waals surface area contributed by atoms with E-state index in [0.29, 0.717) is 31.6 Å². The van der Waals surface area contributed by atoms with Gasteiger partial charge in [-0.15, -0.1) is 0 Å². The van der Waals surface area contributed by atoms with Gasteiger partial charge in [0, 0.05) is 37.6 Å². The number of halogens is 3. The highest BCUT2D eigenvalue weighted by atomic mass is 19.4. The smallest absolute Gasteiger partial charge is 0.351 e. The van der Waals surface area contributed by atoms with E-state index in [0.717, 1.165) is 23.3 Å². The van der Waals surface area contributed by atoms with Crippen molar-refractivity contribution in [2.75, 3.05) is 13.1 Å². The van der Waals surface area contributed by atoms with Gasteiger partial charge in [-0.3, -0.25) is 9.78 Å². The van der Waals surface area contributed by atoms with Gasteiger partial charge in [-0.1, -0.05) is 23.4 Å². The monoisotopic (exact) mass is 444 g/mol. The van der Waals surface area contributed by atoms with Crippen molar-refractivity contribution in [2.24, 2.45) is 0 Å². The number of hydrogen-bond acceptors (Lipinski definition) is 5. The fourth-order valence-corrected chi connectivity index (χ4v) is 3.90. The number of piperidine rings is 1. The molecule has 3 aromatic rings. The van der Waals surface area contributed by atoms with Crippen molar-refractivity contribution in [1.29, 1.82) is 0 Å². The van der Waals surface area contributed by atoms with Gasteiger partial charge in [0.25, 0.3) is 5.91 Å². The molecular weight excluding hydrogens is 421 g/mol. The van der Waals surface area contributed by atoms with E-state index in [1.807, 2.05) is 6.07 Å². The van der Waals surface area contributed by atoms with Gasteiger partial charge in [-0.05, 0) is 49.1 Å². The van der Waals surface area contributed by atoms with Crippen LogP contribution in [0.1, 0.15) is 51.8 Å². The Morgan fingerprint density at radius 1 is 1.16 bits per heavy atom. The third-order valence-electron chi connectivity index (χ3n) is 5.61. The van der Waals surface area contributed by atoms with E-state index in [2.05, 4.69) is 15.5 Å². The molecule has 3 heterocycles. The Bertz CT molecular complexity index is 1040. The average Bonchev–Trinajstić information content (AvgIpc) is 3.24. The Labute approximate surface area is 183 Å². The molecule has 1 aliphatic heterocycles. The molecule has 0 saturated carbocycles. The van der Waals surface area contributed by atoms with Crippen LogP contribution < -0.4 is 5.32 Å². The summed E-state index contributed by atoms with van der Waals surface area (Å²) in [6, 6.07) is 10.3. The third kappa shape index (κ3) is 4.99. The van der Waals surface area contributed by atoms with Crippen LogP contribution >= 0.6 is 0 Å². The minimum absolute atomic E-state index is 0.0861. The summed E-state index contributed by atoms with van der Waals surface area (Å²) in [7, 11) is 0. The second-order valence-electron chi connectivity index (χ2n) is 7.90. The maximum Gasteiger partial charge on any atom is 0.416 e. The van der Waals surface area contributed by atoms with E-state index in [9.17, 15) is 18.0 Å². The Balaban J connectivity index is 1.46. The Morgan fingerprint density at radius 2 is 1.88 bits per heavy atom. The molecule has 6 nitrogen and oxygen atoms in total. The third-order valence-corrected chi connectivity index (χ3v) is 5.61. The molecule has 2 aromatic heterocycles. The number of rotatable bonds is 5. The predicted molar refractivity (Wildman–Crippen MR) is 111 cm³/mol. The molecule has 4 rings (SSSR count). The van der Waals surface area contributed by atoms with Crippen molar-refractivity contribution < 1.29 is 22.5 Å². The number of aromatic nitrogens is 2. The lowest BCUT2D eigenvalue weighted by Gasteiger charge is -2.34. The van der Waals surface area contributed by atoms with Crippen LogP contribution in [0.3, 0.4) is 0 Å². The highest BCUT2D eigenvalue weighted by molar-refractivity contribution is 5.91. The van der Waals surface area contributed by atoms with Crippen LogP contribution in [0.4, 0.5) is 13.2 Å². The molecule has 1 unspecified atom stereocenters. The lowest BCUT2D eigenvalue weighted by Crippen LogP contribution is -2.46. The summed E-state index contributed by atoms with van der Waals surface area (Å²) in [5.74, 6) is 0.0440. The molecule has 1 aromatic carbocycles. The highest BCUT2D eigenvalue weighted by Crippen LogP contribution is 2.31. The van der Waals surface area contributed by atoms with E-state index in [4.69, 9.17) is 4.52 Å². The zero-order chi connectivity index (χ0) is 22.7. The van der Waals surface area contributed by atoms with Crippen LogP contribution in [0.2, 0.25) is 0 Å². The van der Waals surface area contributed by atoms with Crippen molar-refractivity contribution in [3.8, 4) is 0 Å². The van der Waals surface area contributed by atoms with Gasteiger partial charge < -0.3 is 14.7 Å². The Kier molecular flexibility index (Phi) is 6.27. The van der Waals surface area contributed by atoms with Crippen LogP contribution in [-0.2, 0) is 6.18 Å². The van der Waals surface area contributed by atoms with Gasteiger partial charge in [0.2, 0.25) is 5.76 Å². The van der Waals surface area contributed by atoms with Gasteiger partial charge in [-0.25, -0.2) is 0 Å². The molecule has 0 radical (unpaired) electrons. The minimum Gasteiger partial charge on any atom is -0.351 e. The number of aryl methyl sites for hydroxylation is 1. The maximum atomic E-state index is 13.0. The molecule has 0 aliphatic carbocycles. The van der Waals surface area contributed by atoms with Gasteiger partial charge in [0.1, 0.15) is 0 Å². The molecule has 168 valence electrons. The largest absolute Gasteiger partial charge is 0.416 e. The molecular formula is C23H23F3N4O2.